The first-order valence-corrected chi connectivity index (χ1v) is 5.96. The molecule has 7 nitrogen and oxygen atoms in total. The summed E-state index contributed by atoms with van der Waals surface area (Å²) in [6.07, 6.45) is -0.948. The van der Waals surface area contributed by atoms with E-state index in [-0.39, 0.29) is 24.2 Å². The highest BCUT2D eigenvalue weighted by Crippen LogP contribution is 2.17. The molecule has 21 heavy (non-hydrogen) atoms. The number of hydrogen-bond donors (Lipinski definition) is 3. The number of hydrogen-bond acceptors (Lipinski definition) is 4. The molecule has 0 heterocycles. The lowest BCUT2D eigenvalue weighted by atomic mass is 10.2. The summed E-state index contributed by atoms with van der Waals surface area (Å²) in [5.41, 5.74) is -0.247. The highest BCUT2D eigenvalue weighted by molar-refractivity contribution is 5.90. The maximum absolute atomic E-state index is 13.3. The number of nitrogens with zero attached hydrogens (tertiary/aromatic N) is 1. The fourth-order valence-electron chi connectivity index (χ4n) is 1.55. The van der Waals surface area contributed by atoms with Crippen molar-refractivity contribution in [2.45, 2.75) is 12.5 Å². The summed E-state index contributed by atoms with van der Waals surface area (Å²) in [4.78, 5) is 22.2. The Kier molecular flexibility index (Phi) is 6.10. The van der Waals surface area contributed by atoms with E-state index in [4.69, 9.17) is 15.1 Å². The lowest BCUT2D eigenvalue weighted by molar-refractivity contribution is -0.139. The maximum Gasteiger partial charge on any atom is 0.319 e. The molecule has 1 unspecified atom stereocenters. The number of carboxylic acid groups (broad SMARTS) is 1. The summed E-state index contributed by atoms with van der Waals surface area (Å²) in [5.74, 6) is -1.79. The predicted octanol–water partition coefficient (Wildman–Crippen LogP) is 1.31. The molecule has 0 bridgehead atoms. The molecule has 0 aliphatic rings. The molecule has 8 heteroatoms. The fraction of sp³-hybridized carbons (Fsp3) is 0.308. The molecule has 0 aliphatic heterocycles. The highest BCUT2D eigenvalue weighted by atomic mass is 19.1. The van der Waals surface area contributed by atoms with Gasteiger partial charge in [0, 0.05) is 13.7 Å². The van der Waals surface area contributed by atoms with Crippen LogP contribution in [0, 0.1) is 17.1 Å². The third kappa shape index (κ3) is 5.08. The molecule has 3 N–H and O–H groups in total. The Labute approximate surface area is 120 Å². The van der Waals surface area contributed by atoms with Crippen LogP contribution in [-0.2, 0) is 9.53 Å². The van der Waals surface area contributed by atoms with E-state index in [2.05, 4.69) is 10.6 Å². The molecule has 1 aromatic carbocycles. The van der Waals surface area contributed by atoms with Gasteiger partial charge in [-0.2, -0.15) is 5.26 Å². The van der Waals surface area contributed by atoms with E-state index in [0.29, 0.717) is 0 Å². The zero-order valence-electron chi connectivity index (χ0n) is 11.2. The molecule has 0 spiro atoms. The van der Waals surface area contributed by atoms with Crippen LogP contribution >= 0.6 is 0 Å². The minimum atomic E-state index is -1.05. The van der Waals surface area contributed by atoms with Gasteiger partial charge in [-0.25, -0.2) is 9.18 Å². The zero-order valence-corrected chi connectivity index (χ0v) is 11.2. The first-order chi connectivity index (χ1) is 9.97. The normalized spacial score (nSPS) is 11.3. The van der Waals surface area contributed by atoms with Crippen molar-refractivity contribution < 1.29 is 23.8 Å². The molecule has 112 valence electrons. The van der Waals surface area contributed by atoms with Crippen LogP contribution in [0.15, 0.2) is 18.2 Å². The summed E-state index contributed by atoms with van der Waals surface area (Å²) in [7, 11) is 1.33. The second kappa shape index (κ2) is 7.81. The first-order valence-electron chi connectivity index (χ1n) is 5.96. The van der Waals surface area contributed by atoms with Gasteiger partial charge in [0.15, 0.2) is 0 Å². The summed E-state index contributed by atoms with van der Waals surface area (Å²) >= 11 is 0. The van der Waals surface area contributed by atoms with Gasteiger partial charge in [0.25, 0.3) is 0 Å². The number of urea groups is 1. The minimum Gasteiger partial charge on any atom is -0.481 e. The Hall–Kier alpha value is -2.66. The number of nitrogens with one attached hydrogen (secondary N) is 2. The second-order valence-electron chi connectivity index (χ2n) is 4.06. The van der Waals surface area contributed by atoms with Gasteiger partial charge in [-0.1, -0.05) is 6.07 Å². The SMILES string of the molecule is COC(CNC(=O)Nc1cccc(F)c1C#N)CC(=O)O. The van der Waals surface area contributed by atoms with Crippen molar-refractivity contribution in [3.05, 3.63) is 29.6 Å². The number of anilines is 1. The van der Waals surface area contributed by atoms with Crippen molar-refractivity contribution in [1.82, 2.24) is 5.32 Å². The van der Waals surface area contributed by atoms with Crippen LogP contribution in [0.4, 0.5) is 14.9 Å². The summed E-state index contributed by atoms with van der Waals surface area (Å²) < 4.78 is 18.2. The molecule has 0 saturated heterocycles. The number of carbonyl (C=O) groups is 2. The van der Waals surface area contributed by atoms with Crippen LogP contribution in [0.3, 0.4) is 0 Å². The number of nitriles is 1. The molecule has 0 aliphatic carbocycles. The average molecular weight is 295 g/mol. The molecule has 1 aromatic rings. The molecule has 0 radical (unpaired) electrons. The molecule has 1 rings (SSSR count). The number of carbonyl (C=O) groups excluding carboxylic acids is 1. The fourth-order valence-corrected chi connectivity index (χ4v) is 1.55. The summed E-state index contributed by atoms with van der Waals surface area (Å²) in [5, 5.41) is 22.2. The summed E-state index contributed by atoms with van der Waals surface area (Å²) in [6.45, 7) is -0.0359. The zero-order chi connectivity index (χ0) is 15.8. The molecule has 0 fully saturated rings. The third-order valence-electron chi connectivity index (χ3n) is 2.60. The lowest BCUT2D eigenvalue weighted by Gasteiger charge is -2.14. The standard InChI is InChI=1S/C13H14FN3O4/c1-21-8(5-12(18)19)7-16-13(20)17-11-4-2-3-10(14)9(11)6-15/h2-4,8H,5,7H2,1H3,(H,18,19)(H2,16,17,20). The van der Waals surface area contributed by atoms with Crippen molar-refractivity contribution in [1.29, 1.82) is 5.26 Å². The molecule has 0 aromatic heterocycles. The van der Waals surface area contributed by atoms with Gasteiger partial charge in [0.1, 0.15) is 17.4 Å². The number of rotatable bonds is 6. The van der Waals surface area contributed by atoms with E-state index >= 15 is 0 Å². The van der Waals surface area contributed by atoms with Gasteiger partial charge in [0.05, 0.1) is 18.2 Å². The molecular weight excluding hydrogens is 281 g/mol. The van der Waals surface area contributed by atoms with E-state index in [0.717, 1.165) is 6.07 Å². The number of benzene rings is 1. The van der Waals surface area contributed by atoms with Crippen molar-refractivity contribution in [2.24, 2.45) is 0 Å². The van der Waals surface area contributed by atoms with Crippen molar-refractivity contribution in [3.8, 4) is 6.07 Å². The summed E-state index contributed by atoms with van der Waals surface area (Å²) in [6, 6.07) is 4.80. The molecule has 2 amide bonds. The van der Waals surface area contributed by atoms with Gasteiger partial charge >= 0.3 is 12.0 Å². The monoisotopic (exact) mass is 295 g/mol. The number of ether oxygens (including phenoxy) is 1. The van der Waals surface area contributed by atoms with Gasteiger partial charge in [-0.3, -0.25) is 4.79 Å². The van der Waals surface area contributed by atoms with Crippen LogP contribution in [0.1, 0.15) is 12.0 Å². The van der Waals surface area contributed by atoms with Crippen LogP contribution in [0.5, 0.6) is 0 Å². The first kappa shape index (κ1) is 16.4. The van der Waals surface area contributed by atoms with Crippen LogP contribution in [0.2, 0.25) is 0 Å². The van der Waals surface area contributed by atoms with E-state index in [1.807, 2.05) is 0 Å². The largest absolute Gasteiger partial charge is 0.481 e. The third-order valence-corrected chi connectivity index (χ3v) is 2.60. The highest BCUT2D eigenvalue weighted by Gasteiger charge is 2.15. The topological polar surface area (TPSA) is 111 Å². The van der Waals surface area contributed by atoms with Gasteiger partial charge in [-0.05, 0) is 12.1 Å². The second-order valence-corrected chi connectivity index (χ2v) is 4.06. The van der Waals surface area contributed by atoms with Crippen LogP contribution in [-0.4, -0.2) is 36.9 Å². The Bertz CT molecular complexity index is 571. The number of methoxy groups -OCH3 is 1. The quantitative estimate of drug-likeness (QED) is 0.732. The smallest absolute Gasteiger partial charge is 0.319 e. The average Bonchev–Trinajstić information content (AvgIpc) is 2.43. The molecular formula is C13H14FN3O4. The number of aliphatic carboxylic acids is 1. The Morgan fingerprint density at radius 3 is 2.81 bits per heavy atom. The number of amides is 2. The molecule has 0 saturated carbocycles. The maximum atomic E-state index is 13.3. The van der Waals surface area contributed by atoms with Crippen LogP contribution in [0.25, 0.3) is 0 Å². The van der Waals surface area contributed by atoms with E-state index in [1.165, 1.54) is 19.2 Å². The van der Waals surface area contributed by atoms with E-state index in [9.17, 15) is 14.0 Å². The minimum absolute atomic E-state index is 0.0298. The molecule has 1 atom stereocenters. The van der Waals surface area contributed by atoms with Crippen LogP contribution < -0.4 is 10.6 Å². The Balaban J connectivity index is 2.61. The van der Waals surface area contributed by atoms with Gasteiger partial charge in [0.2, 0.25) is 0 Å². The Morgan fingerprint density at radius 2 is 2.24 bits per heavy atom. The Morgan fingerprint density at radius 1 is 1.52 bits per heavy atom. The van der Waals surface area contributed by atoms with Crippen molar-refractivity contribution in [2.75, 3.05) is 19.0 Å². The van der Waals surface area contributed by atoms with Gasteiger partial charge < -0.3 is 20.5 Å². The van der Waals surface area contributed by atoms with Gasteiger partial charge in [-0.15, -0.1) is 0 Å². The predicted molar refractivity (Wildman–Crippen MR) is 71.2 cm³/mol. The van der Waals surface area contributed by atoms with Crippen molar-refractivity contribution in [3.63, 3.8) is 0 Å². The lowest BCUT2D eigenvalue weighted by Crippen LogP contribution is -2.37. The number of carboxylic acids is 1. The van der Waals surface area contributed by atoms with E-state index in [1.54, 1.807) is 6.07 Å². The van der Waals surface area contributed by atoms with Crippen molar-refractivity contribution >= 4 is 17.7 Å². The van der Waals surface area contributed by atoms with E-state index < -0.39 is 23.9 Å². The number of halogens is 1.